The molecule has 0 saturated carbocycles. The average Bonchev–Trinajstić information content (AvgIpc) is 2.74. The Kier molecular flexibility index (Phi) is 3.21. The van der Waals surface area contributed by atoms with E-state index in [4.69, 9.17) is 0 Å². The number of aryl methyl sites for hydroxylation is 1. The third-order valence-corrected chi connectivity index (χ3v) is 4.47. The van der Waals surface area contributed by atoms with Crippen LogP contribution in [0.25, 0.3) is 0 Å². The molecule has 1 aliphatic carbocycles. The fourth-order valence-corrected chi connectivity index (χ4v) is 3.31. The number of hydrogen-bond acceptors (Lipinski definition) is 1. The Labute approximate surface area is 121 Å². The summed E-state index contributed by atoms with van der Waals surface area (Å²) in [6.07, 6.45) is 3.71. The standard InChI is InChI=1S/C18H23NO/c1-13-6-4-5-7-14(13)12-19-9-8-15-16(19)10-18(2,3)11-17(15)20/h4-9,17,20H,10-12H2,1-3H3. The lowest BCUT2D eigenvalue weighted by atomic mass is 9.75. The highest BCUT2D eigenvalue weighted by Crippen LogP contribution is 2.41. The number of aromatic nitrogens is 1. The summed E-state index contributed by atoms with van der Waals surface area (Å²) in [5.74, 6) is 0. The molecule has 1 aromatic heterocycles. The van der Waals surface area contributed by atoms with Crippen molar-refractivity contribution in [2.75, 3.05) is 0 Å². The molecule has 20 heavy (non-hydrogen) atoms. The van der Waals surface area contributed by atoms with Crippen molar-refractivity contribution < 1.29 is 5.11 Å². The van der Waals surface area contributed by atoms with Crippen molar-refractivity contribution in [3.8, 4) is 0 Å². The van der Waals surface area contributed by atoms with E-state index < -0.39 is 0 Å². The minimum Gasteiger partial charge on any atom is -0.388 e. The first kappa shape index (κ1) is 13.4. The molecular weight excluding hydrogens is 246 g/mol. The fourth-order valence-electron chi connectivity index (χ4n) is 3.31. The summed E-state index contributed by atoms with van der Waals surface area (Å²) in [5, 5.41) is 10.3. The van der Waals surface area contributed by atoms with Gasteiger partial charge in [0.05, 0.1) is 6.10 Å². The topological polar surface area (TPSA) is 25.2 Å². The lowest BCUT2D eigenvalue weighted by Crippen LogP contribution is -2.26. The van der Waals surface area contributed by atoms with E-state index in [-0.39, 0.29) is 11.5 Å². The molecule has 1 unspecified atom stereocenters. The maximum Gasteiger partial charge on any atom is 0.0812 e. The van der Waals surface area contributed by atoms with Gasteiger partial charge in [-0.15, -0.1) is 0 Å². The molecule has 2 heteroatoms. The SMILES string of the molecule is Cc1ccccc1Cn1ccc2c1CC(C)(C)CC2O. The molecule has 0 spiro atoms. The van der Waals surface area contributed by atoms with Crippen LogP contribution in [0.15, 0.2) is 36.5 Å². The van der Waals surface area contributed by atoms with Crippen LogP contribution in [0, 0.1) is 12.3 Å². The second-order valence-corrected chi connectivity index (χ2v) is 6.83. The van der Waals surface area contributed by atoms with Crippen molar-refractivity contribution >= 4 is 0 Å². The Hall–Kier alpha value is -1.54. The van der Waals surface area contributed by atoms with Crippen molar-refractivity contribution in [3.63, 3.8) is 0 Å². The van der Waals surface area contributed by atoms with Crippen LogP contribution in [0.5, 0.6) is 0 Å². The smallest absolute Gasteiger partial charge is 0.0812 e. The molecule has 2 aromatic rings. The molecule has 106 valence electrons. The number of nitrogens with zero attached hydrogens (tertiary/aromatic N) is 1. The van der Waals surface area contributed by atoms with Gasteiger partial charge in [-0.3, -0.25) is 0 Å². The van der Waals surface area contributed by atoms with Crippen LogP contribution in [0.4, 0.5) is 0 Å². The second-order valence-electron chi connectivity index (χ2n) is 6.83. The molecule has 0 radical (unpaired) electrons. The lowest BCUT2D eigenvalue weighted by Gasteiger charge is -2.34. The van der Waals surface area contributed by atoms with E-state index in [9.17, 15) is 5.11 Å². The van der Waals surface area contributed by atoms with Gasteiger partial charge in [0.1, 0.15) is 0 Å². The predicted molar refractivity (Wildman–Crippen MR) is 81.8 cm³/mol. The first-order valence-corrected chi connectivity index (χ1v) is 7.37. The number of rotatable bonds is 2. The third-order valence-electron chi connectivity index (χ3n) is 4.47. The predicted octanol–water partition coefficient (Wildman–Crippen LogP) is 3.85. The molecule has 1 aromatic carbocycles. The van der Waals surface area contributed by atoms with Crippen LogP contribution >= 0.6 is 0 Å². The van der Waals surface area contributed by atoms with Gasteiger partial charge < -0.3 is 9.67 Å². The van der Waals surface area contributed by atoms with Crippen LogP contribution < -0.4 is 0 Å². The van der Waals surface area contributed by atoms with E-state index in [1.54, 1.807) is 0 Å². The van der Waals surface area contributed by atoms with Crippen LogP contribution in [0.3, 0.4) is 0 Å². The van der Waals surface area contributed by atoms with E-state index in [2.05, 4.69) is 61.9 Å². The van der Waals surface area contributed by atoms with Gasteiger partial charge in [-0.1, -0.05) is 38.1 Å². The summed E-state index contributed by atoms with van der Waals surface area (Å²) < 4.78 is 2.31. The zero-order chi connectivity index (χ0) is 14.3. The van der Waals surface area contributed by atoms with Crippen molar-refractivity contribution in [1.29, 1.82) is 0 Å². The first-order valence-electron chi connectivity index (χ1n) is 7.37. The number of aliphatic hydroxyl groups is 1. The molecule has 0 fully saturated rings. The van der Waals surface area contributed by atoms with Crippen LogP contribution in [0.2, 0.25) is 0 Å². The van der Waals surface area contributed by atoms with Gasteiger partial charge >= 0.3 is 0 Å². The zero-order valence-electron chi connectivity index (χ0n) is 12.6. The number of benzene rings is 1. The van der Waals surface area contributed by atoms with Crippen molar-refractivity contribution in [3.05, 3.63) is 58.9 Å². The molecule has 0 saturated heterocycles. The Balaban J connectivity index is 1.95. The van der Waals surface area contributed by atoms with E-state index in [0.717, 1.165) is 24.9 Å². The number of hydrogen-bond donors (Lipinski definition) is 1. The summed E-state index contributed by atoms with van der Waals surface area (Å²) in [6, 6.07) is 10.6. The normalized spacial score (nSPS) is 20.7. The molecule has 0 amide bonds. The Morgan fingerprint density at radius 1 is 1.25 bits per heavy atom. The van der Waals surface area contributed by atoms with Crippen LogP contribution in [-0.2, 0) is 13.0 Å². The van der Waals surface area contributed by atoms with E-state index in [1.807, 2.05) is 0 Å². The minimum absolute atomic E-state index is 0.175. The van der Waals surface area contributed by atoms with E-state index >= 15 is 0 Å². The lowest BCUT2D eigenvalue weighted by molar-refractivity contribution is 0.0981. The maximum absolute atomic E-state index is 10.3. The molecule has 1 aliphatic rings. The molecule has 0 bridgehead atoms. The molecular formula is C18H23NO. The number of aliphatic hydroxyl groups excluding tert-OH is 1. The van der Waals surface area contributed by atoms with Gasteiger partial charge in [-0.2, -0.15) is 0 Å². The molecule has 2 nitrogen and oxygen atoms in total. The maximum atomic E-state index is 10.3. The van der Waals surface area contributed by atoms with Gasteiger partial charge in [0.2, 0.25) is 0 Å². The molecule has 1 N–H and O–H groups in total. The Morgan fingerprint density at radius 3 is 2.75 bits per heavy atom. The molecule has 1 atom stereocenters. The second kappa shape index (κ2) is 4.78. The van der Waals surface area contributed by atoms with Gasteiger partial charge in [0, 0.05) is 24.0 Å². The highest BCUT2D eigenvalue weighted by Gasteiger charge is 2.33. The zero-order valence-corrected chi connectivity index (χ0v) is 12.6. The Morgan fingerprint density at radius 2 is 2.00 bits per heavy atom. The summed E-state index contributed by atoms with van der Waals surface area (Å²) in [7, 11) is 0. The first-order chi connectivity index (χ1) is 9.46. The van der Waals surface area contributed by atoms with E-state index in [0.29, 0.717) is 0 Å². The Bertz CT molecular complexity index is 624. The van der Waals surface area contributed by atoms with Gasteiger partial charge in [0.25, 0.3) is 0 Å². The van der Waals surface area contributed by atoms with Crippen molar-refractivity contribution in [2.24, 2.45) is 5.41 Å². The third kappa shape index (κ3) is 2.40. The van der Waals surface area contributed by atoms with E-state index in [1.165, 1.54) is 16.8 Å². The van der Waals surface area contributed by atoms with Gasteiger partial charge in [-0.05, 0) is 42.4 Å². The van der Waals surface area contributed by atoms with Crippen LogP contribution in [0.1, 0.15) is 48.8 Å². The largest absolute Gasteiger partial charge is 0.388 e. The fraction of sp³-hybridized carbons (Fsp3) is 0.444. The summed E-state index contributed by atoms with van der Waals surface area (Å²) >= 11 is 0. The molecule has 0 aliphatic heterocycles. The summed E-state index contributed by atoms with van der Waals surface area (Å²) in [5.41, 5.74) is 5.28. The average molecular weight is 269 g/mol. The van der Waals surface area contributed by atoms with Crippen molar-refractivity contribution in [2.45, 2.75) is 46.3 Å². The molecule has 1 heterocycles. The van der Waals surface area contributed by atoms with Gasteiger partial charge in [-0.25, -0.2) is 0 Å². The monoisotopic (exact) mass is 269 g/mol. The highest BCUT2D eigenvalue weighted by molar-refractivity contribution is 5.32. The highest BCUT2D eigenvalue weighted by atomic mass is 16.3. The van der Waals surface area contributed by atoms with Crippen LogP contribution in [-0.4, -0.2) is 9.67 Å². The van der Waals surface area contributed by atoms with Gasteiger partial charge in [0.15, 0.2) is 0 Å². The summed E-state index contributed by atoms with van der Waals surface area (Å²) in [6.45, 7) is 7.53. The summed E-state index contributed by atoms with van der Waals surface area (Å²) in [4.78, 5) is 0. The van der Waals surface area contributed by atoms with Crippen molar-refractivity contribution in [1.82, 2.24) is 4.57 Å². The number of fused-ring (bicyclic) bond motifs is 1. The molecule has 3 rings (SSSR count). The minimum atomic E-state index is -0.313. The quantitative estimate of drug-likeness (QED) is 0.880.